The Morgan fingerprint density at radius 2 is 1.00 bits per heavy atom. The van der Waals surface area contributed by atoms with Crippen molar-refractivity contribution in [3.05, 3.63) is 0 Å². The maximum Gasteiger partial charge on any atom is 0.762 e. The number of halogens is 3. The average Bonchev–Trinajstić information content (AvgIpc) is 1.41. The Kier molecular flexibility index (Phi) is 13.6. The first-order valence-corrected chi connectivity index (χ1v) is 0.855. The average molecular weight is 102 g/mol. The summed E-state index contributed by atoms with van der Waals surface area (Å²) in [5.74, 6) is 0. The lowest BCUT2D eigenvalue weighted by Gasteiger charge is -1.55. The van der Waals surface area contributed by atoms with Crippen LogP contribution < -0.4 is 0 Å². The van der Waals surface area contributed by atoms with E-state index in [9.17, 15) is 12.9 Å². The highest BCUT2D eigenvalue weighted by atomic mass is 19.4. The van der Waals surface area contributed by atoms with Gasteiger partial charge in [0.25, 0.3) is 0 Å². The molecule has 0 atom stereocenters. The summed E-state index contributed by atoms with van der Waals surface area (Å²) < 4.78 is 29.0. The van der Waals surface area contributed by atoms with E-state index in [0.29, 0.717) is 0 Å². The Balaban J connectivity index is 0. The summed E-state index contributed by atoms with van der Waals surface area (Å²) in [5, 5.41) is 12.0. The first-order valence-electron chi connectivity index (χ1n) is 0.855. The number of rotatable bonds is 0. The molecular weight excluding hydrogens is 99.8 g/mol. The first kappa shape index (κ1) is 9.24. The SMILES string of the molecule is FB(F)F.OO. The zero-order valence-corrected chi connectivity index (χ0v) is 2.61. The molecule has 6 heteroatoms. The van der Waals surface area contributed by atoms with E-state index >= 15 is 0 Å². The van der Waals surface area contributed by atoms with Crippen LogP contribution in [0.2, 0.25) is 0 Å². The normalized spacial score (nSPS) is 5.50. The van der Waals surface area contributed by atoms with Gasteiger partial charge in [0.15, 0.2) is 0 Å². The van der Waals surface area contributed by atoms with Crippen LogP contribution in [0.25, 0.3) is 0 Å². The van der Waals surface area contributed by atoms with E-state index in [1.165, 1.54) is 0 Å². The second-order valence-corrected chi connectivity index (χ2v) is 0.247. The summed E-state index contributed by atoms with van der Waals surface area (Å²) in [7, 11) is -3.67. The molecule has 38 valence electrons. The smallest absolute Gasteiger partial charge is 0.255 e. The summed E-state index contributed by atoms with van der Waals surface area (Å²) in [6, 6.07) is 0. The van der Waals surface area contributed by atoms with Gasteiger partial charge in [-0.2, -0.15) is 0 Å². The zero-order valence-electron chi connectivity index (χ0n) is 2.61. The molecule has 0 unspecified atom stereocenters. The van der Waals surface area contributed by atoms with Gasteiger partial charge in [0.05, 0.1) is 0 Å². The van der Waals surface area contributed by atoms with Gasteiger partial charge in [0.2, 0.25) is 0 Å². The van der Waals surface area contributed by atoms with Crippen molar-refractivity contribution in [3.63, 3.8) is 0 Å². The molecule has 0 aromatic carbocycles. The van der Waals surface area contributed by atoms with Gasteiger partial charge < -0.3 is 0 Å². The highest BCUT2D eigenvalue weighted by molar-refractivity contribution is 6.33. The van der Waals surface area contributed by atoms with Gasteiger partial charge in [0, 0.05) is 0 Å². The van der Waals surface area contributed by atoms with E-state index in [1.54, 1.807) is 0 Å². The molecule has 0 saturated carbocycles. The lowest BCUT2D eigenvalue weighted by Crippen LogP contribution is -1.76. The topological polar surface area (TPSA) is 40.5 Å². The minimum Gasteiger partial charge on any atom is -0.255 e. The Hall–Kier alpha value is -0.225. The lowest BCUT2D eigenvalue weighted by atomic mass is 10.5. The summed E-state index contributed by atoms with van der Waals surface area (Å²) in [5.41, 5.74) is 0. The van der Waals surface area contributed by atoms with Crippen molar-refractivity contribution >= 4 is 7.54 Å². The summed E-state index contributed by atoms with van der Waals surface area (Å²) >= 11 is 0. The Labute approximate surface area is 32.4 Å². The van der Waals surface area contributed by atoms with E-state index in [1.807, 2.05) is 0 Å². The largest absolute Gasteiger partial charge is 0.762 e. The third-order valence-corrected chi connectivity index (χ3v) is 0. The quantitative estimate of drug-likeness (QED) is 0.271. The standard InChI is InChI=1S/BF3.H2O2/c2-1(3)4;1-2/h;1-2H. The van der Waals surface area contributed by atoms with Crippen LogP contribution in [0.15, 0.2) is 0 Å². The molecule has 0 amide bonds. The highest BCUT2D eigenvalue weighted by Crippen LogP contribution is 1.80. The molecule has 0 fully saturated rings. The molecule has 0 spiro atoms. The van der Waals surface area contributed by atoms with Gasteiger partial charge in [0.1, 0.15) is 0 Å². The van der Waals surface area contributed by atoms with Gasteiger partial charge in [-0.1, -0.05) is 0 Å². The molecule has 2 nitrogen and oxygen atoms in total. The molecule has 0 aliphatic rings. The Morgan fingerprint density at radius 3 is 1.00 bits per heavy atom. The van der Waals surface area contributed by atoms with Crippen LogP contribution in [-0.2, 0) is 0 Å². The molecule has 0 aromatic rings. The molecular formula is H2BF3O2. The van der Waals surface area contributed by atoms with Gasteiger partial charge in [-0.25, -0.2) is 0 Å². The second kappa shape index (κ2) is 8.84. The predicted molar refractivity (Wildman–Crippen MR) is 14.3 cm³/mol. The van der Waals surface area contributed by atoms with Crippen molar-refractivity contribution in [1.82, 2.24) is 0 Å². The fourth-order valence-corrected chi connectivity index (χ4v) is 0. The fraction of sp³-hybridized carbons (Fsp3) is 0. The van der Waals surface area contributed by atoms with Crippen molar-refractivity contribution in [2.75, 3.05) is 0 Å². The predicted octanol–water partition coefficient (Wildman–Crippen LogP) is 0.897. The zero-order chi connectivity index (χ0) is 5.58. The second-order valence-electron chi connectivity index (χ2n) is 0.247. The van der Waals surface area contributed by atoms with Crippen molar-refractivity contribution in [1.29, 1.82) is 0 Å². The summed E-state index contributed by atoms with van der Waals surface area (Å²) in [4.78, 5) is 0. The van der Waals surface area contributed by atoms with Crippen LogP contribution in [0.4, 0.5) is 12.9 Å². The maximum atomic E-state index is 9.67. The third kappa shape index (κ3) is 574. The molecule has 6 heavy (non-hydrogen) atoms. The van der Waals surface area contributed by atoms with Crippen LogP contribution >= 0.6 is 0 Å². The molecule has 0 aromatic heterocycles. The van der Waals surface area contributed by atoms with Crippen LogP contribution in [0.1, 0.15) is 0 Å². The van der Waals surface area contributed by atoms with Crippen LogP contribution in [-0.4, -0.2) is 18.1 Å². The molecule has 0 heterocycles. The van der Waals surface area contributed by atoms with E-state index in [4.69, 9.17) is 10.5 Å². The minimum absolute atomic E-state index is 3.67. The van der Waals surface area contributed by atoms with Crippen molar-refractivity contribution in [2.45, 2.75) is 0 Å². The van der Waals surface area contributed by atoms with Crippen molar-refractivity contribution in [2.24, 2.45) is 0 Å². The van der Waals surface area contributed by atoms with Crippen LogP contribution in [0.3, 0.4) is 0 Å². The number of hydrogen-bond acceptors (Lipinski definition) is 2. The van der Waals surface area contributed by atoms with Crippen LogP contribution in [0.5, 0.6) is 0 Å². The van der Waals surface area contributed by atoms with Gasteiger partial charge in [-0.3, -0.25) is 23.5 Å². The molecule has 2 N–H and O–H groups in total. The molecule has 0 rings (SSSR count). The summed E-state index contributed by atoms with van der Waals surface area (Å²) in [6.45, 7) is 0. The Morgan fingerprint density at radius 1 is 1.00 bits per heavy atom. The van der Waals surface area contributed by atoms with Crippen molar-refractivity contribution in [3.8, 4) is 0 Å². The van der Waals surface area contributed by atoms with E-state index < -0.39 is 7.54 Å². The molecule has 0 saturated heterocycles. The first-order chi connectivity index (χ1) is 2.73. The molecule has 0 radical (unpaired) electrons. The third-order valence-electron chi connectivity index (χ3n) is 0. The number of hydrogen-bond donors (Lipinski definition) is 2. The van der Waals surface area contributed by atoms with E-state index in [0.717, 1.165) is 0 Å². The van der Waals surface area contributed by atoms with Gasteiger partial charge in [-0.15, -0.1) is 0 Å². The van der Waals surface area contributed by atoms with Gasteiger partial charge in [-0.05, 0) is 0 Å². The lowest BCUT2D eigenvalue weighted by molar-refractivity contribution is -0.176. The molecule has 0 bridgehead atoms. The van der Waals surface area contributed by atoms with Gasteiger partial charge >= 0.3 is 7.54 Å². The van der Waals surface area contributed by atoms with Crippen molar-refractivity contribution < 1.29 is 23.5 Å². The monoisotopic (exact) mass is 102 g/mol. The van der Waals surface area contributed by atoms with E-state index in [-0.39, 0.29) is 0 Å². The highest BCUT2D eigenvalue weighted by Gasteiger charge is 2.06. The summed E-state index contributed by atoms with van der Waals surface area (Å²) in [6.07, 6.45) is 0. The minimum atomic E-state index is -3.67. The van der Waals surface area contributed by atoms with Crippen LogP contribution in [0, 0.1) is 0 Å². The molecule has 0 aliphatic carbocycles. The van der Waals surface area contributed by atoms with E-state index in [2.05, 4.69) is 0 Å². The maximum absolute atomic E-state index is 9.67. The molecule has 0 aliphatic heterocycles. The Bertz CT molecular complexity index is 13.5. The fourth-order valence-electron chi connectivity index (χ4n) is 0.